The van der Waals surface area contributed by atoms with Crippen LogP contribution in [0.4, 0.5) is 5.69 Å². The number of rotatable bonds is 6. The number of nitrogens with zero attached hydrogens (tertiary/aromatic N) is 3. The van der Waals surface area contributed by atoms with Crippen LogP contribution in [0.25, 0.3) is 0 Å². The molecule has 1 aliphatic rings. The maximum Gasteiger partial charge on any atom is 0.191 e. The molecule has 6 heteroatoms. The summed E-state index contributed by atoms with van der Waals surface area (Å²) in [5.41, 5.74) is 3.66. The van der Waals surface area contributed by atoms with Crippen LogP contribution >= 0.6 is 11.3 Å². The van der Waals surface area contributed by atoms with Gasteiger partial charge in [-0.1, -0.05) is 38.1 Å². The molecule has 0 aliphatic carbocycles. The highest BCUT2D eigenvalue weighted by Crippen LogP contribution is 2.18. The molecule has 1 aromatic heterocycles. The van der Waals surface area contributed by atoms with E-state index >= 15 is 0 Å². The van der Waals surface area contributed by atoms with E-state index in [9.17, 15) is 0 Å². The van der Waals surface area contributed by atoms with Gasteiger partial charge in [0.05, 0.1) is 12.2 Å². The van der Waals surface area contributed by atoms with Gasteiger partial charge in [-0.2, -0.15) is 0 Å². The Morgan fingerprint density at radius 1 is 1.15 bits per heavy atom. The Morgan fingerprint density at radius 2 is 1.85 bits per heavy atom. The molecule has 2 aromatic rings. The van der Waals surface area contributed by atoms with Crippen molar-refractivity contribution in [1.29, 1.82) is 0 Å². The lowest BCUT2D eigenvalue weighted by molar-refractivity contribution is 0.785. The largest absolute Gasteiger partial charge is 0.364 e. The van der Waals surface area contributed by atoms with Gasteiger partial charge < -0.3 is 15.5 Å². The monoisotopic (exact) mass is 369 g/mol. The van der Waals surface area contributed by atoms with Gasteiger partial charge in [0.15, 0.2) is 5.96 Å². The highest BCUT2D eigenvalue weighted by molar-refractivity contribution is 7.09. The van der Waals surface area contributed by atoms with Crippen molar-refractivity contribution in [3.8, 4) is 0 Å². The molecule has 1 aromatic carbocycles. The van der Waals surface area contributed by atoms with Crippen LogP contribution < -0.4 is 15.5 Å². The van der Waals surface area contributed by atoms with E-state index < -0.39 is 0 Å². The fourth-order valence-electron chi connectivity index (χ4n) is 2.75. The van der Waals surface area contributed by atoms with Crippen molar-refractivity contribution in [2.45, 2.75) is 32.9 Å². The number of hydrogen-bond acceptors (Lipinski definition) is 4. The Bertz CT molecular complexity index is 753. The Labute approximate surface area is 159 Å². The summed E-state index contributed by atoms with van der Waals surface area (Å²) in [6.45, 7) is 7.77. The topological polar surface area (TPSA) is 52.6 Å². The third-order valence-corrected chi connectivity index (χ3v) is 5.24. The van der Waals surface area contributed by atoms with Gasteiger partial charge in [-0.25, -0.2) is 4.98 Å². The predicted molar refractivity (Wildman–Crippen MR) is 111 cm³/mol. The molecule has 0 fully saturated rings. The molecule has 0 saturated heterocycles. The minimum absolute atomic E-state index is 0.469. The van der Waals surface area contributed by atoms with E-state index in [1.165, 1.54) is 11.3 Å². The van der Waals surface area contributed by atoms with Gasteiger partial charge in [-0.3, -0.25) is 4.99 Å². The number of aromatic nitrogens is 1. The van der Waals surface area contributed by atoms with Crippen molar-refractivity contribution in [1.82, 2.24) is 15.6 Å². The van der Waals surface area contributed by atoms with E-state index in [2.05, 4.69) is 81.2 Å². The third-order valence-electron chi connectivity index (χ3n) is 4.37. The van der Waals surface area contributed by atoms with Crippen LogP contribution in [-0.2, 0) is 13.1 Å². The van der Waals surface area contributed by atoms with Gasteiger partial charge in [0.25, 0.3) is 0 Å². The van der Waals surface area contributed by atoms with Crippen LogP contribution in [0.1, 0.15) is 36.0 Å². The van der Waals surface area contributed by atoms with Crippen LogP contribution in [0.3, 0.4) is 0 Å². The Hall–Kier alpha value is -2.34. The molecule has 26 heavy (non-hydrogen) atoms. The second-order valence-electron chi connectivity index (χ2n) is 6.64. The van der Waals surface area contributed by atoms with Crippen LogP contribution in [0.15, 0.2) is 46.8 Å². The van der Waals surface area contributed by atoms with Gasteiger partial charge in [0, 0.05) is 37.7 Å². The minimum atomic E-state index is 0.469. The fourth-order valence-corrected chi connectivity index (χ4v) is 3.65. The Balaban J connectivity index is 1.47. The summed E-state index contributed by atoms with van der Waals surface area (Å²) >= 11 is 1.69. The normalized spacial score (nSPS) is 14.3. The maximum absolute atomic E-state index is 4.65. The van der Waals surface area contributed by atoms with E-state index in [0.717, 1.165) is 36.3 Å². The van der Waals surface area contributed by atoms with Crippen LogP contribution in [0.2, 0.25) is 0 Å². The predicted octanol–water partition coefficient (Wildman–Crippen LogP) is 3.51. The van der Waals surface area contributed by atoms with Crippen molar-refractivity contribution in [3.05, 3.63) is 58.1 Å². The summed E-state index contributed by atoms with van der Waals surface area (Å²) in [7, 11) is 1.79. The van der Waals surface area contributed by atoms with Gasteiger partial charge >= 0.3 is 0 Å². The Morgan fingerprint density at radius 3 is 2.46 bits per heavy atom. The van der Waals surface area contributed by atoms with Crippen molar-refractivity contribution in [2.24, 2.45) is 4.99 Å². The highest BCUT2D eigenvalue weighted by Gasteiger charge is 2.08. The number of guanidine groups is 1. The molecule has 3 rings (SSSR count). The zero-order valence-corrected chi connectivity index (χ0v) is 16.5. The minimum Gasteiger partial charge on any atom is -0.364 e. The third kappa shape index (κ3) is 4.85. The summed E-state index contributed by atoms with van der Waals surface area (Å²) in [6.07, 6.45) is 4.41. The molecule has 0 amide bonds. The van der Waals surface area contributed by atoms with E-state index in [4.69, 9.17) is 0 Å². The smallest absolute Gasteiger partial charge is 0.191 e. The first-order valence-electron chi connectivity index (χ1n) is 9.03. The van der Waals surface area contributed by atoms with Crippen molar-refractivity contribution in [2.75, 3.05) is 25.0 Å². The van der Waals surface area contributed by atoms with Crippen LogP contribution in [0.5, 0.6) is 0 Å². The zero-order valence-electron chi connectivity index (χ0n) is 15.7. The van der Waals surface area contributed by atoms with Crippen LogP contribution in [0, 0.1) is 0 Å². The summed E-state index contributed by atoms with van der Waals surface area (Å²) in [4.78, 5) is 11.3. The fraction of sp³-hybridized carbons (Fsp3) is 0.400. The zero-order chi connectivity index (χ0) is 18.4. The molecule has 0 atom stereocenters. The number of anilines is 1. The summed E-state index contributed by atoms with van der Waals surface area (Å²) in [6, 6.07) is 8.71. The first-order chi connectivity index (χ1) is 12.7. The van der Waals surface area contributed by atoms with Gasteiger partial charge in [-0.15, -0.1) is 11.3 Å². The molecule has 0 bridgehead atoms. The van der Waals surface area contributed by atoms with E-state index in [-0.39, 0.29) is 0 Å². The molecular formula is C20H27N5S. The lowest BCUT2D eigenvalue weighted by Gasteiger charge is -2.18. The average Bonchev–Trinajstić information content (AvgIpc) is 3.34. The second-order valence-corrected chi connectivity index (χ2v) is 7.59. The number of aliphatic imine (C=N–C) groups is 1. The molecular weight excluding hydrogens is 342 g/mol. The first kappa shape index (κ1) is 18.5. The molecule has 2 heterocycles. The lowest BCUT2D eigenvalue weighted by atomic mass is 10.2. The SMILES string of the molecule is CN=C(NCc1ccc(N2CC=CC2)cc1)NCc1nc(C(C)C)cs1. The number of benzene rings is 1. The van der Waals surface area contributed by atoms with Gasteiger partial charge in [0.2, 0.25) is 0 Å². The molecule has 0 spiro atoms. The summed E-state index contributed by atoms with van der Waals surface area (Å²) in [5, 5.41) is 9.92. The molecule has 5 nitrogen and oxygen atoms in total. The quantitative estimate of drug-likeness (QED) is 0.465. The van der Waals surface area contributed by atoms with Crippen molar-refractivity contribution >= 4 is 23.0 Å². The molecule has 1 aliphatic heterocycles. The highest BCUT2D eigenvalue weighted by atomic mass is 32.1. The lowest BCUT2D eigenvalue weighted by Crippen LogP contribution is -2.36. The molecule has 138 valence electrons. The van der Waals surface area contributed by atoms with Crippen molar-refractivity contribution < 1.29 is 0 Å². The first-order valence-corrected chi connectivity index (χ1v) is 9.91. The van der Waals surface area contributed by atoms with E-state index in [1.807, 2.05) is 0 Å². The maximum atomic E-state index is 4.65. The van der Waals surface area contributed by atoms with Crippen molar-refractivity contribution in [3.63, 3.8) is 0 Å². The molecule has 0 saturated carbocycles. The Kier molecular flexibility index (Phi) is 6.28. The van der Waals surface area contributed by atoms with E-state index in [0.29, 0.717) is 12.5 Å². The van der Waals surface area contributed by atoms with Crippen LogP contribution in [-0.4, -0.2) is 31.1 Å². The average molecular weight is 370 g/mol. The second kappa shape index (κ2) is 8.85. The summed E-state index contributed by atoms with van der Waals surface area (Å²) < 4.78 is 0. The molecule has 0 radical (unpaired) electrons. The number of hydrogen-bond donors (Lipinski definition) is 2. The standard InChI is InChI=1S/C20H27N5S/c1-15(2)18-14-26-19(24-18)13-23-20(21-3)22-12-16-6-8-17(9-7-16)25-10-4-5-11-25/h4-9,14-15H,10-13H2,1-3H3,(H2,21,22,23). The van der Waals surface area contributed by atoms with Gasteiger partial charge in [0.1, 0.15) is 5.01 Å². The molecule has 0 unspecified atom stereocenters. The number of nitrogens with one attached hydrogen (secondary N) is 2. The van der Waals surface area contributed by atoms with E-state index in [1.54, 1.807) is 18.4 Å². The number of thiazole rings is 1. The van der Waals surface area contributed by atoms with Gasteiger partial charge in [-0.05, 0) is 23.6 Å². The molecule has 2 N–H and O–H groups in total. The summed E-state index contributed by atoms with van der Waals surface area (Å²) in [5.74, 6) is 1.26.